The van der Waals surface area contributed by atoms with Crippen molar-refractivity contribution in [2.24, 2.45) is 5.84 Å². The zero-order chi connectivity index (χ0) is 10.6. The monoisotopic (exact) mass is 214 g/mol. The Hall–Kier alpha value is -0.420. The van der Waals surface area contributed by atoms with E-state index in [2.05, 4.69) is 16.9 Å². The smallest absolute Gasteiger partial charge is 0.0791 e. The molecule has 0 aliphatic rings. The highest BCUT2D eigenvalue weighted by molar-refractivity contribution is 7.09. The Kier molecular flexibility index (Phi) is 4.07. The van der Waals surface area contributed by atoms with Crippen molar-refractivity contribution in [2.45, 2.75) is 31.9 Å². The molecule has 1 atom stereocenters. The molecule has 1 aromatic rings. The summed E-state index contributed by atoms with van der Waals surface area (Å²) in [6.07, 6.45) is 0.898. The van der Waals surface area contributed by atoms with Gasteiger partial charge in [0.05, 0.1) is 11.6 Å². The lowest BCUT2D eigenvalue weighted by Crippen LogP contribution is -2.52. The third-order valence-corrected chi connectivity index (χ3v) is 3.45. The van der Waals surface area contributed by atoms with Crippen LogP contribution < -0.4 is 11.3 Å². The van der Waals surface area contributed by atoms with Gasteiger partial charge in [-0.15, -0.1) is 11.3 Å². The first-order chi connectivity index (χ1) is 6.60. The molecule has 0 bridgehead atoms. The zero-order valence-electron chi connectivity index (χ0n) is 8.91. The van der Waals surface area contributed by atoms with Crippen molar-refractivity contribution in [3.8, 4) is 0 Å². The van der Waals surface area contributed by atoms with Gasteiger partial charge in [-0.3, -0.25) is 11.3 Å². The van der Waals surface area contributed by atoms with E-state index in [1.807, 2.05) is 19.9 Å². The first-order valence-corrected chi connectivity index (χ1v) is 5.52. The van der Waals surface area contributed by atoms with Crippen molar-refractivity contribution in [1.29, 1.82) is 0 Å². The number of ether oxygens (including phenoxy) is 1. The topological polar surface area (TPSA) is 47.3 Å². The van der Waals surface area contributed by atoms with Crippen molar-refractivity contribution in [3.05, 3.63) is 22.4 Å². The van der Waals surface area contributed by atoms with Gasteiger partial charge in [0.15, 0.2) is 0 Å². The Morgan fingerprint density at radius 3 is 2.79 bits per heavy atom. The predicted molar refractivity (Wildman–Crippen MR) is 60.2 cm³/mol. The number of nitrogens with two attached hydrogens (primary N) is 1. The van der Waals surface area contributed by atoms with Crippen molar-refractivity contribution in [3.63, 3.8) is 0 Å². The summed E-state index contributed by atoms with van der Waals surface area (Å²) in [6.45, 7) is 4.07. The van der Waals surface area contributed by atoms with Crippen LogP contribution in [0.1, 0.15) is 18.7 Å². The second-order valence-electron chi connectivity index (χ2n) is 3.81. The largest absolute Gasteiger partial charge is 0.377 e. The molecule has 1 unspecified atom stereocenters. The van der Waals surface area contributed by atoms with Crippen molar-refractivity contribution in [1.82, 2.24) is 5.43 Å². The fourth-order valence-electron chi connectivity index (χ4n) is 1.28. The Morgan fingerprint density at radius 2 is 2.36 bits per heavy atom. The number of thiophene rings is 1. The fourth-order valence-corrected chi connectivity index (χ4v) is 2.03. The first kappa shape index (κ1) is 11.7. The van der Waals surface area contributed by atoms with Crippen LogP contribution in [-0.4, -0.2) is 18.8 Å². The van der Waals surface area contributed by atoms with Gasteiger partial charge < -0.3 is 4.74 Å². The molecule has 0 saturated carbocycles. The van der Waals surface area contributed by atoms with Gasteiger partial charge >= 0.3 is 0 Å². The van der Waals surface area contributed by atoms with Crippen LogP contribution in [0.15, 0.2) is 17.5 Å². The van der Waals surface area contributed by atoms with Crippen LogP contribution in [0.4, 0.5) is 0 Å². The van der Waals surface area contributed by atoms with E-state index in [4.69, 9.17) is 10.6 Å². The number of rotatable bonds is 5. The minimum Gasteiger partial charge on any atom is -0.377 e. The quantitative estimate of drug-likeness (QED) is 0.577. The van der Waals surface area contributed by atoms with E-state index in [1.165, 1.54) is 4.88 Å². The third kappa shape index (κ3) is 2.78. The van der Waals surface area contributed by atoms with Gasteiger partial charge in [0.1, 0.15) is 0 Å². The third-order valence-electron chi connectivity index (χ3n) is 2.55. The summed E-state index contributed by atoms with van der Waals surface area (Å²) >= 11 is 1.74. The average molecular weight is 214 g/mol. The summed E-state index contributed by atoms with van der Waals surface area (Å²) in [5.74, 6) is 5.53. The molecular formula is C10H18N2OS. The summed E-state index contributed by atoms with van der Waals surface area (Å²) in [7, 11) is 1.71. The van der Waals surface area contributed by atoms with E-state index in [-0.39, 0.29) is 11.6 Å². The van der Waals surface area contributed by atoms with E-state index in [1.54, 1.807) is 18.4 Å². The highest BCUT2D eigenvalue weighted by Gasteiger charge is 2.28. The van der Waals surface area contributed by atoms with E-state index < -0.39 is 0 Å². The maximum Gasteiger partial charge on any atom is 0.0791 e. The molecule has 0 amide bonds. The van der Waals surface area contributed by atoms with Crippen LogP contribution in [0, 0.1) is 0 Å². The lowest BCUT2D eigenvalue weighted by Gasteiger charge is -2.32. The van der Waals surface area contributed by atoms with Gasteiger partial charge in [0.25, 0.3) is 0 Å². The molecule has 0 aliphatic carbocycles. The summed E-state index contributed by atoms with van der Waals surface area (Å²) in [6, 6.07) is 4.29. The lowest BCUT2D eigenvalue weighted by molar-refractivity contribution is -0.00985. The predicted octanol–water partition coefficient (Wildman–Crippen LogP) is 1.55. The number of hydrogen-bond acceptors (Lipinski definition) is 4. The fraction of sp³-hybridized carbons (Fsp3) is 0.600. The molecule has 0 fully saturated rings. The molecule has 0 radical (unpaired) electrons. The van der Waals surface area contributed by atoms with Gasteiger partial charge in [0.2, 0.25) is 0 Å². The highest BCUT2D eigenvalue weighted by atomic mass is 32.1. The molecule has 80 valence electrons. The summed E-state index contributed by atoms with van der Waals surface area (Å²) in [4.78, 5) is 1.32. The second kappa shape index (κ2) is 4.89. The SMILES string of the molecule is COC(C)(C)C(Cc1cccs1)NN. The average Bonchev–Trinajstić information content (AvgIpc) is 2.66. The summed E-state index contributed by atoms with van der Waals surface area (Å²) in [5.41, 5.74) is 2.56. The summed E-state index contributed by atoms with van der Waals surface area (Å²) in [5, 5.41) is 2.07. The van der Waals surface area contributed by atoms with Crippen LogP contribution in [-0.2, 0) is 11.2 Å². The van der Waals surface area contributed by atoms with Crippen LogP contribution >= 0.6 is 11.3 Å². The van der Waals surface area contributed by atoms with Crippen molar-refractivity contribution < 1.29 is 4.74 Å². The van der Waals surface area contributed by atoms with Crippen molar-refractivity contribution >= 4 is 11.3 Å². The van der Waals surface area contributed by atoms with Crippen LogP contribution in [0.5, 0.6) is 0 Å². The molecule has 1 heterocycles. The van der Waals surface area contributed by atoms with Gasteiger partial charge in [0, 0.05) is 18.4 Å². The van der Waals surface area contributed by atoms with Gasteiger partial charge in [-0.1, -0.05) is 6.07 Å². The number of hydrogen-bond donors (Lipinski definition) is 2. The molecule has 3 N–H and O–H groups in total. The van der Waals surface area contributed by atoms with E-state index >= 15 is 0 Å². The van der Waals surface area contributed by atoms with E-state index in [9.17, 15) is 0 Å². The Balaban J connectivity index is 2.64. The molecule has 3 nitrogen and oxygen atoms in total. The van der Waals surface area contributed by atoms with Crippen molar-refractivity contribution in [2.75, 3.05) is 7.11 Å². The molecule has 4 heteroatoms. The molecule has 14 heavy (non-hydrogen) atoms. The first-order valence-electron chi connectivity index (χ1n) is 4.64. The van der Waals surface area contributed by atoms with Gasteiger partial charge in [-0.2, -0.15) is 0 Å². The summed E-state index contributed by atoms with van der Waals surface area (Å²) < 4.78 is 5.40. The lowest BCUT2D eigenvalue weighted by atomic mass is 9.95. The molecule has 1 aromatic heterocycles. The molecule has 0 aliphatic heterocycles. The van der Waals surface area contributed by atoms with Gasteiger partial charge in [-0.05, 0) is 25.3 Å². The highest BCUT2D eigenvalue weighted by Crippen LogP contribution is 2.19. The van der Waals surface area contributed by atoms with Crippen LogP contribution in [0.3, 0.4) is 0 Å². The molecule has 1 rings (SSSR count). The normalized spacial score (nSPS) is 14.3. The Bertz CT molecular complexity index is 259. The number of methoxy groups -OCH3 is 1. The van der Waals surface area contributed by atoms with Crippen LogP contribution in [0.2, 0.25) is 0 Å². The standard InChI is InChI=1S/C10H18N2OS/c1-10(2,13-3)9(12-11)7-8-5-4-6-14-8/h4-6,9,12H,7,11H2,1-3H3. The number of nitrogens with one attached hydrogen (secondary N) is 1. The molecule has 0 aromatic carbocycles. The minimum absolute atomic E-state index is 0.131. The maximum atomic E-state index is 5.53. The Morgan fingerprint density at radius 1 is 1.64 bits per heavy atom. The molecular weight excluding hydrogens is 196 g/mol. The number of hydrazine groups is 1. The second-order valence-corrected chi connectivity index (χ2v) is 4.84. The zero-order valence-corrected chi connectivity index (χ0v) is 9.73. The maximum absolute atomic E-state index is 5.53. The van der Waals surface area contributed by atoms with E-state index in [0.29, 0.717) is 0 Å². The minimum atomic E-state index is -0.251. The van der Waals surface area contributed by atoms with E-state index in [0.717, 1.165) is 6.42 Å². The van der Waals surface area contributed by atoms with Crippen LogP contribution in [0.25, 0.3) is 0 Å². The molecule has 0 spiro atoms. The van der Waals surface area contributed by atoms with Gasteiger partial charge in [-0.25, -0.2) is 0 Å². The molecule has 0 saturated heterocycles. The Labute approximate surface area is 89.2 Å².